The van der Waals surface area contributed by atoms with Gasteiger partial charge >= 0.3 is 0 Å². The highest BCUT2D eigenvalue weighted by Crippen LogP contribution is 2.44. The molecule has 4 rings (SSSR count). The number of nitrogens with two attached hydrogens (primary N) is 1. The van der Waals surface area contributed by atoms with Crippen molar-refractivity contribution < 1.29 is 4.79 Å². The number of amides is 1. The molecule has 29 heavy (non-hydrogen) atoms. The van der Waals surface area contributed by atoms with Gasteiger partial charge in [-0.2, -0.15) is 0 Å². The Morgan fingerprint density at radius 1 is 1.14 bits per heavy atom. The highest BCUT2D eigenvalue weighted by molar-refractivity contribution is 8.04. The maximum Gasteiger partial charge on any atom is 0.257 e. The van der Waals surface area contributed by atoms with Crippen molar-refractivity contribution in [3.05, 3.63) is 88.7 Å². The Morgan fingerprint density at radius 2 is 1.83 bits per heavy atom. The summed E-state index contributed by atoms with van der Waals surface area (Å²) in [7, 11) is 0. The van der Waals surface area contributed by atoms with Gasteiger partial charge in [-0.05, 0) is 24.6 Å². The van der Waals surface area contributed by atoms with Crippen molar-refractivity contribution in [2.24, 2.45) is 5.73 Å². The van der Waals surface area contributed by atoms with Gasteiger partial charge in [-0.25, -0.2) is 4.68 Å². The number of rotatable bonds is 7. The number of hydrogen-bond donors (Lipinski definition) is 2. The van der Waals surface area contributed by atoms with Crippen LogP contribution in [0.5, 0.6) is 0 Å². The molecule has 3 aromatic rings. The molecule has 8 heteroatoms. The minimum Gasteiger partial charge on any atom is -0.379 e. The first-order valence-corrected chi connectivity index (χ1v) is 10.2. The molecular weight excluding hydrogens is 384 g/mol. The molecule has 0 fully saturated rings. The predicted molar refractivity (Wildman–Crippen MR) is 114 cm³/mol. The summed E-state index contributed by atoms with van der Waals surface area (Å²) in [5.41, 5.74) is 9.24. The molecule has 2 aromatic carbocycles. The van der Waals surface area contributed by atoms with Crippen LogP contribution in [0, 0.1) is 0 Å². The lowest BCUT2D eigenvalue weighted by atomic mass is 10.2. The Balaban J connectivity index is 1.53. The lowest BCUT2D eigenvalue weighted by Crippen LogP contribution is -2.26. The largest absolute Gasteiger partial charge is 0.379 e. The van der Waals surface area contributed by atoms with Crippen LogP contribution >= 0.6 is 11.8 Å². The lowest BCUT2D eigenvalue weighted by Gasteiger charge is -2.27. The zero-order valence-electron chi connectivity index (χ0n) is 16.0. The summed E-state index contributed by atoms with van der Waals surface area (Å²) < 4.78 is 1.79. The van der Waals surface area contributed by atoms with E-state index in [4.69, 9.17) is 5.73 Å². The first kappa shape index (κ1) is 19.1. The number of carbonyl (C=O) groups is 1. The lowest BCUT2D eigenvalue weighted by molar-refractivity contribution is -0.114. The molecular formula is C21H22N6OS. The minimum atomic E-state index is -0.417. The van der Waals surface area contributed by atoms with Gasteiger partial charge in [0, 0.05) is 17.9 Å². The highest BCUT2D eigenvalue weighted by Gasteiger charge is 2.34. The van der Waals surface area contributed by atoms with E-state index in [0.717, 1.165) is 22.6 Å². The van der Waals surface area contributed by atoms with Crippen LogP contribution < -0.4 is 11.1 Å². The first-order valence-electron chi connectivity index (χ1n) is 9.29. The van der Waals surface area contributed by atoms with Crippen LogP contribution in [0.3, 0.4) is 0 Å². The predicted octanol–water partition coefficient (Wildman–Crippen LogP) is 3.31. The topological polar surface area (TPSA) is 89.1 Å². The molecule has 0 aliphatic carbocycles. The van der Waals surface area contributed by atoms with Crippen LogP contribution in [0.1, 0.15) is 23.7 Å². The first-order chi connectivity index (χ1) is 14.1. The third-order valence-corrected chi connectivity index (χ3v) is 6.11. The van der Waals surface area contributed by atoms with Crippen LogP contribution in [-0.2, 0) is 17.9 Å². The average Bonchev–Trinajstić information content (AvgIpc) is 3.33. The number of hydrogen-bond acceptors (Lipinski definition) is 6. The van der Waals surface area contributed by atoms with Gasteiger partial charge in [-0.15, -0.1) is 5.10 Å². The third-order valence-electron chi connectivity index (χ3n) is 4.70. The van der Waals surface area contributed by atoms with E-state index >= 15 is 0 Å². The van der Waals surface area contributed by atoms with Crippen molar-refractivity contribution in [1.29, 1.82) is 0 Å². The van der Waals surface area contributed by atoms with E-state index in [0.29, 0.717) is 18.0 Å². The van der Waals surface area contributed by atoms with Gasteiger partial charge in [0.15, 0.2) is 5.50 Å². The molecule has 0 radical (unpaired) electrons. The Kier molecular flexibility index (Phi) is 5.53. The van der Waals surface area contributed by atoms with E-state index in [1.165, 1.54) is 11.8 Å². The summed E-state index contributed by atoms with van der Waals surface area (Å²) in [5.74, 6) is -0.417. The van der Waals surface area contributed by atoms with Gasteiger partial charge in [-0.1, -0.05) is 65.5 Å². The molecule has 0 saturated carbocycles. The second-order valence-electron chi connectivity index (χ2n) is 6.75. The zero-order chi connectivity index (χ0) is 20.2. The summed E-state index contributed by atoms with van der Waals surface area (Å²) in [6.45, 7) is 3.14. The average molecular weight is 407 g/mol. The Morgan fingerprint density at radius 3 is 2.52 bits per heavy atom. The molecule has 0 saturated heterocycles. The Hall–Kier alpha value is -3.26. The fourth-order valence-electron chi connectivity index (χ4n) is 3.21. The van der Waals surface area contributed by atoms with Crippen LogP contribution in [-0.4, -0.2) is 25.8 Å². The molecule has 148 valence electrons. The molecule has 1 amide bonds. The van der Waals surface area contributed by atoms with Crippen molar-refractivity contribution in [2.45, 2.75) is 25.5 Å². The van der Waals surface area contributed by atoms with Crippen molar-refractivity contribution in [2.75, 3.05) is 5.32 Å². The van der Waals surface area contributed by atoms with E-state index in [-0.39, 0.29) is 5.50 Å². The molecule has 1 aliphatic heterocycles. The molecule has 7 nitrogen and oxygen atoms in total. The molecule has 1 atom stereocenters. The number of benzene rings is 2. The third kappa shape index (κ3) is 4.27. The zero-order valence-corrected chi connectivity index (χ0v) is 16.8. The summed E-state index contributed by atoms with van der Waals surface area (Å²) in [4.78, 5) is 14.6. The second-order valence-corrected chi connectivity index (χ2v) is 7.81. The van der Waals surface area contributed by atoms with Crippen LogP contribution in [0.15, 0.2) is 77.5 Å². The maximum atomic E-state index is 11.9. The monoisotopic (exact) mass is 406 g/mol. The van der Waals surface area contributed by atoms with E-state index < -0.39 is 5.91 Å². The van der Waals surface area contributed by atoms with Crippen LogP contribution in [0.4, 0.5) is 5.69 Å². The van der Waals surface area contributed by atoms with Crippen molar-refractivity contribution in [1.82, 2.24) is 19.9 Å². The van der Waals surface area contributed by atoms with Crippen LogP contribution in [0.2, 0.25) is 0 Å². The number of thioether (sulfide) groups is 1. The van der Waals surface area contributed by atoms with E-state index in [1.807, 2.05) is 61.7 Å². The smallest absolute Gasteiger partial charge is 0.257 e. The fourth-order valence-corrected chi connectivity index (χ4v) is 4.40. The standard InChI is InChI=1S/C21H22N6OS/c1-15-19(20(22)28)29-21(26(15)13-16-8-4-2-5-9-16)27-14-18(24-25-27)12-23-17-10-6-3-7-11-17/h2-11,14,21,23H,12-13H2,1H3,(H2,22,28). The maximum absolute atomic E-state index is 11.9. The molecule has 0 bridgehead atoms. The van der Waals surface area contributed by atoms with Crippen molar-refractivity contribution in [3.8, 4) is 0 Å². The van der Waals surface area contributed by atoms with Gasteiger partial charge in [0.1, 0.15) is 5.69 Å². The molecule has 1 aromatic heterocycles. The van der Waals surface area contributed by atoms with Crippen molar-refractivity contribution in [3.63, 3.8) is 0 Å². The second kappa shape index (κ2) is 8.40. The summed E-state index contributed by atoms with van der Waals surface area (Å²) in [6.07, 6.45) is 1.91. The summed E-state index contributed by atoms with van der Waals surface area (Å²) in [5, 5.41) is 11.9. The van der Waals surface area contributed by atoms with Gasteiger partial charge in [0.25, 0.3) is 5.91 Å². The van der Waals surface area contributed by atoms with Crippen molar-refractivity contribution >= 4 is 23.4 Å². The normalized spacial score (nSPS) is 16.3. The SMILES string of the molecule is CC1=C(C(N)=O)SC(n2cc(CNc3ccccc3)nn2)N1Cc1ccccc1. The number of para-hydroxylation sites is 1. The minimum absolute atomic E-state index is 0.212. The molecule has 1 aliphatic rings. The van der Waals surface area contributed by atoms with Crippen LogP contribution in [0.25, 0.3) is 0 Å². The number of aromatic nitrogens is 3. The van der Waals surface area contributed by atoms with E-state index in [2.05, 4.69) is 32.7 Å². The Labute approximate surface area is 173 Å². The quantitative estimate of drug-likeness (QED) is 0.626. The van der Waals surface area contributed by atoms with Gasteiger partial charge in [0.2, 0.25) is 0 Å². The number of allylic oxidation sites excluding steroid dienone is 1. The number of nitrogens with one attached hydrogen (secondary N) is 1. The number of primary amides is 1. The van der Waals surface area contributed by atoms with Gasteiger partial charge in [0.05, 0.1) is 17.6 Å². The highest BCUT2D eigenvalue weighted by atomic mass is 32.2. The van der Waals surface area contributed by atoms with Gasteiger partial charge < -0.3 is 16.0 Å². The molecule has 1 unspecified atom stereocenters. The number of anilines is 1. The molecule has 0 spiro atoms. The van der Waals surface area contributed by atoms with Gasteiger partial charge in [-0.3, -0.25) is 4.79 Å². The van der Waals surface area contributed by atoms with E-state index in [1.54, 1.807) is 4.68 Å². The van der Waals surface area contributed by atoms with E-state index in [9.17, 15) is 4.79 Å². The number of carbonyl (C=O) groups excluding carboxylic acids is 1. The Bertz CT molecular complexity index is 1020. The molecule has 3 N–H and O–H groups in total. The summed E-state index contributed by atoms with van der Waals surface area (Å²) in [6, 6.07) is 20.1. The molecule has 2 heterocycles. The number of nitrogens with zero attached hydrogens (tertiary/aromatic N) is 4. The fraction of sp³-hybridized carbons (Fsp3) is 0.190. The summed E-state index contributed by atoms with van der Waals surface area (Å²) >= 11 is 1.41.